The molecule has 1 heterocycles. The molecule has 0 aromatic rings. The number of thioether (sulfide) groups is 2. The zero-order chi connectivity index (χ0) is 13.1. The van der Waals surface area contributed by atoms with Gasteiger partial charge in [-0.3, -0.25) is 9.13 Å². The molecule has 0 saturated carbocycles. The van der Waals surface area contributed by atoms with Crippen LogP contribution in [0.4, 0.5) is 0 Å². The van der Waals surface area contributed by atoms with E-state index in [1.54, 1.807) is 0 Å². The van der Waals surface area contributed by atoms with Gasteiger partial charge < -0.3 is 19.6 Å². The van der Waals surface area contributed by atoms with Crippen LogP contribution in [0.25, 0.3) is 0 Å². The third-order valence-corrected chi connectivity index (χ3v) is 4.45. The Labute approximate surface area is 105 Å². The average molecular weight is 312 g/mol. The summed E-state index contributed by atoms with van der Waals surface area (Å²) in [4.78, 5) is 28.6. The number of rotatable bonds is 1. The van der Waals surface area contributed by atoms with Gasteiger partial charge in [0.2, 0.25) is 0 Å². The van der Waals surface area contributed by atoms with Crippen molar-refractivity contribution in [1.29, 1.82) is 0 Å². The van der Waals surface area contributed by atoms with Crippen molar-refractivity contribution >= 4 is 40.0 Å². The Kier molecular flexibility index (Phi) is 15.1. The van der Waals surface area contributed by atoms with E-state index in [-0.39, 0.29) is 0 Å². The Morgan fingerprint density at radius 2 is 1.56 bits per heavy atom. The zero-order valence-electron chi connectivity index (χ0n) is 8.99. The van der Waals surface area contributed by atoms with Crippen molar-refractivity contribution in [2.24, 2.45) is 5.92 Å². The molecule has 10 heteroatoms. The lowest BCUT2D eigenvalue weighted by Crippen LogP contribution is -1.91. The topological polar surface area (TPSA) is 115 Å². The molecule has 100 valence electrons. The zero-order valence-corrected chi connectivity index (χ0v) is 12.6. The quantitative estimate of drug-likeness (QED) is 0.533. The maximum atomic E-state index is 8.74. The highest BCUT2D eigenvalue weighted by molar-refractivity contribution is 8.16. The highest BCUT2D eigenvalue weighted by Crippen LogP contribution is 2.36. The predicted molar refractivity (Wildman–Crippen MR) is 70.4 cm³/mol. The van der Waals surface area contributed by atoms with Gasteiger partial charge in [0.1, 0.15) is 0 Å². The average Bonchev–Trinajstić information content (AvgIpc) is 2.49. The van der Waals surface area contributed by atoms with E-state index in [9.17, 15) is 0 Å². The maximum Gasteiger partial charge on any atom is 0.314 e. The fourth-order valence-corrected chi connectivity index (χ4v) is 3.35. The minimum atomic E-state index is -3.13. The summed E-state index contributed by atoms with van der Waals surface area (Å²) in [5.74, 6) is 2.35. The molecule has 1 rings (SSSR count). The Morgan fingerprint density at radius 1 is 1.19 bits per heavy atom. The fraction of sp³-hybridized carbons (Fsp3) is 1.00. The summed E-state index contributed by atoms with van der Waals surface area (Å²) < 4.78 is 18.4. The minimum Gasteiger partial charge on any atom is -0.326 e. The molecule has 0 radical (unpaired) electrons. The molecular weight excluding hydrogens is 294 g/mol. The van der Waals surface area contributed by atoms with Crippen molar-refractivity contribution < 1.29 is 28.7 Å². The van der Waals surface area contributed by atoms with Gasteiger partial charge in [0.05, 0.1) is 4.58 Å². The maximum absolute atomic E-state index is 8.74. The second kappa shape index (κ2) is 12.5. The van der Waals surface area contributed by atoms with E-state index in [0.29, 0.717) is 0 Å². The van der Waals surface area contributed by atoms with E-state index in [4.69, 9.17) is 28.7 Å². The van der Waals surface area contributed by atoms with Crippen LogP contribution in [0.5, 0.6) is 0 Å². The summed E-state index contributed by atoms with van der Waals surface area (Å²) in [6.45, 7) is 2.34. The van der Waals surface area contributed by atoms with Crippen molar-refractivity contribution in [3.05, 3.63) is 0 Å². The lowest BCUT2D eigenvalue weighted by molar-refractivity contribution is 0.403. The lowest BCUT2D eigenvalue weighted by Gasteiger charge is -2.00. The second-order valence-electron chi connectivity index (χ2n) is 2.90. The van der Waals surface area contributed by atoms with E-state index in [0.717, 1.165) is 10.5 Å². The van der Waals surface area contributed by atoms with Gasteiger partial charge in [-0.15, -0.1) is 11.8 Å². The molecular formula is C6H18O6P2S2. The molecule has 0 amide bonds. The van der Waals surface area contributed by atoms with Gasteiger partial charge in [0.25, 0.3) is 0 Å². The monoisotopic (exact) mass is 312 g/mol. The first kappa shape index (κ1) is 19.3. The van der Waals surface area contributed by atoms with Crippen LogP contribution in [0.3, 0.4) is 0 Å². The van der Waals surface area contributed by atoms with Crippen LogP contribution in [0.1, 0.15) is 13.3 Å². The molecule has 1 fully saturated rings. The highest BCUT2D eigenvalue weighted by Gasteiger charge is 2.19. The normalized spacial score (nSPS) is 23.5. The predicted octanol–water partition coefficient (Wildman–Crippen LogP) is 1.17. The molecule has 1 aliphatic rings. The first-order chi connectivity index (χ1) is 7.29. The lowest BCUT2D eigenvalue weighted by atomic mass is 10.2. The van der Waals surface area contributed by atoms with E-state index >= 15 is 0 Å². The van der Waals surface area contributed by atoms with E-state index in [1.165, 1.54) is 12.2 Å². The van der Waals surface area contributed by atoms with Gasteiger partial charge >= 0.3 is 16.5 Å². The fourth-order valence-electron chi connectivity index (χ4n) is 0.900. The molecule has 1 aliphatic heterocycles. The van der Waals surface area contributed by atoms with Crippen molar-refractivity contribution in [3.63, 3.8) is 0 Å². The largest absolute Gasteiger partial charge is 0.326 e. The summed E-state index contributed by atoms with van der Waals surface area (Å²) in [7, 11) is -6.26. The first-order valence-corrected chi connectivity index (χ1v) is 9.22. The van der Waals surface area contributed by atoms with E-state index < -0.39 is 16.5 Å². The Morgan fingerprint density at radius 3 is 1.69 bits per heavy atom. The van der Waals surface area contributed by atoms with Gasteiger partial charge in [0, 0.05) is 0 Å². The minimum absolute atomic E-state index is 0.907. The first-order valence-electron chi connectivity index (χ1n) is 4.27. The highest BCUT2D eigenvalue weighted by atomic mass is 32.2. The summed E-state index contributed by atoms with van der Waals surface area (Å²) in [5.41, 5.74) is 0. The number of hydrogen-bond donors (Lipinski definition) is 4. The Bertz CT molecular complexity index is 197. The molecule has 2 atom stereocenters. The third kappa shape index (κ3) is 20.4. The van der Waals surface area contributed by atoms with Gasteiger partial charge in [-0.1, -0.05) is 6.92 Å². The van der Waals surface area contributed by atoms with Crippen LogP contribution in [-0.2, 0) is 9.13 Å². The molecule has 0 aromatic carbocycles. The van der Waals surface area contributed by atoms with Gasteiger partial charge in [-0.2, -0.15) is 11.8 Å². The molecule has 0 bridgehead atoms. The van der Waals surface area contributed by atoms with Crippen molar-refractivity contribution in [2.75, 3.05) is 12.0 Å². The molecule has 2 unspecified atom stereocenters. The van der Waals surface area contributed by atoms with Gasteiger partial charge in [-0.05, 0) is 24.3 Å². The Hall–Kier alpha value is 1.000. The van der Waals surface area contributed by atoms with Crippen LogP contribution < -0.4 is 0 Å². The molecule has 16 heavy (non-hydrogen) atoms. The molecule has 0 spiro atoms. The smallest absolute Gasteiger partial charge is 0.314 e. The van der Waals surface area contributed by atoms with Crippen LogP contribution in [-0.4, -0.2) is 36.2 Å². The summed E-state index contributed by atoms with van der Waals surface area (Å²) in [5, 5.41) is 0. The number of hydrogen-bond acceptors (Lipinski definition) is 4. The standard InChI is InChI=1S/C6H12S2.2H3O3P/c1-5-3-6(7-2)8-4-5;2*1-4(2)3/h5-6H,3-4H2,1-2H3;2*4H,(H2,1,2,3). The van der Waals surface area contributed by atoms with Gasteiger partial charge in [-0.25, -0.2) is 0 Å². The van der Waals surface area contributed by atoms with E-state index in [1.807, 2.05) is 11.8 Å². The van der Waals surface area contributed by atoms with E-state index in [2.05, 4.69) is 24.9 Å². The Balaban J connectivity index is 0. The van der Waals surface area contributed by atoms with Gasteiger partial charge in [0.15, 0.2) is 0 Å². The van der Waals surface area contributed by atoms with Crippen molar-refractivity contribution in [3.8, 4) is 0 Å². The van der Waals surface area contributed by atoms with Crippen molar-refractivity contribution in [1.82, 2.24) is 0 Å². The SMILES string of the molecule is CSC1CC(C)CS1.O=[PH](O)O.O=[PH](O)O. The van der Waals surface area contributed by atoms with Crippen LogP contribution >= 0.6 is 40.0 Å². The molecule has 0 aliphatic carbocycles. The molecule has 0 aromatic heterocycles. The van der Waals surface area contributed by atoms with Crippen LogP contribution in [0, 0.1) is 5.92 Å². The molecule has 6 nitrogen and oxygen atoms in total. The summed E-state index contributed by atoms with van der Waals surface area (Å²) >= 11 is 4.11. The summed E-state index contributed by atoms with van der Waals surface area (Å²) in [6.07, 6.45) is 3.63. The van der Waals surface area contributed by atoms with Crippen molar-refractivity contribution in [2.45, 2.75) is 17.9 Å². The molecule has 4 N–H and O–H groups in total. The van der Waals surface area contributed by atoms with Crippen LogP contribution in [0.15, 0.2) is 0 Å². The second-order valence-corrected chi connectivity index (χ2v) is 6.61. The third-order valence-electron chi connectivity index (χ3n) is 1.42. The molecule has 1 saturated heterocycles. The van der Waals surface area contributed by atoms with Crippen LogP contribution in [0.2, 0.25) is 0 Å². The summed E-state index contributed by atoms with van der Waals surface area (Å²) in [6, 6.07) is 0.